The van der Waals surface area contributed by atoms with Crippen LogP contribution < -0.4 is 0 Å². The highest BCUT2D eigenvalue weighted by Gasteiger charge is 2.18. The maximum absolute atomic E-state index is 6.23. The van der Waals surface area contributed by atoms with Gasteiger partial charge in [-0.25, -0.2) is 9.97 Å². The molecule has 13 aromatic rings. The molecule has 0 aliphatic heterocycles. The molecule has 63 heavy (non-hydrogen) atoms. The van der Waals surface area contributed by atoms with Crippen molar-refractivity contribution in [2.75, 3.05) is 0 Å². The summed E-state index contributed by atoms with van der Waals surface area (Å²) in [7, 11) is 0. The highest BCUT2D eigenvalue weighted by molar-refractivity contribution is 6.13. The topological polar surface area (TPSA) is 48.8 Å². The molecule has 0 saturated carbocycles. The van der Waals surface area contributed by atoms with Crippen molar-refractivity contribution in [3.05, 3.63) is 219 Å². The molecule has 0 N–H and O–H groups in total. The van der Waals surface area contributed by atoms with Gasteiger partial charge >= 0.3 is 0 Å². The number of nitrogens with zero attached hydrogens (tertiary/aromatic N) is 4. The van der Waals surface area contributed by atoms with E-state index in [1.807, 2.05) is 24.3 Å². The van der Waals surface area contributed by atoms with E-state index in [0.717, 1.165) is 55.7 Å². The van der Waals surface area contributed by atoms with Crippen molar-refractivity contribution in [2.24, 2.45) is 0 Å². The van der Waals surface area contributed by atoms with Crippen molar-refractivity contribution in [1.82, 2.24) is 19.1 Å². The van der Waals surface area contributed by atoms with Gasteiger partial charge in [0.2, 0.25) is 0 Å². The van der Waals surface area contributed by atoms with Crippen LogP contribution in [0.15, 0.2) is 223 Å². The number of hydrogen-bond donors (Lipinski definition) is 0. The second-order valence-corrected chi connectivity index (χ2v) is 16.2. The summed E-state index contributed by atoms with van der Waals surface area (Å²) in [6, 6.07) is 76.2. The minimum absolute atomic E-state index is 0.707. The second-order valence-electron chi connectivity index (χ2n) is 16.2. The Morgan fingerprint density at radius 2 is 0.810 bits per heavy atom. The molecule has 0 aliphatic rings. The Hall–Kier alpha value is -8.54. The zero-order chi connectivity index (χ0) is 41.4. The van der Waals surface area contributed by atoms with Crippen LogP contribution in [0.4, 0.5) is 0 Å². The van der Waals surface area contributed by atoms with E-state index in [0.29, 0.717) is 5.58 Å². The van der Waals surface area contributed by atoms with Crippen LogP contribution in [0.3, 0.4) is 0 Å². The summed E-state index contributed by atoms with van der Waals surface area (Å²) >= 11 is 0. The first-order chi connectivity index (χ1) is 31.2. The van der Waals surface area contributed by atoms with E-state index in [-0.39, 0.29) is 0 Å². The predicted molar refractivity (Wildman–Crippen MR) is 260 cm³/mol. The summed E-state index contributed by atoms with van der Waals surface area (Å²) < 4.78 is 11.0. The van der Waals surface area contributed by atoms with Gasteiger partial charge in [0.15, 0.2) is 5.58 Å². The smallest absolute Gasteiger partial charge is 0.180 e. The fourth-order valence-electron chi connectivity index (χ4n) is 9.69. The van der Waals surface area contributed by atoms with Crippen molar-refractivity contribution in [1.29, 1.82) is 0 Å². The Labute approximate surface area is 362 Å². The molecule has 0 amide bonds. The van der Waals surface area contributed by atoms with Gasteiger partial charge in [-0.3, -0.25) is 0 Å². The first-order valence-corrected chi connectivity index (χ1v) is 21.3. The normalized spacial score (nSPS) is 11.8. The number of benzene rings is 9. The highest BCUT2D eigenvalue weighted by Crippen LogP contribution is 2.40. The molecule has 9 aromatic carbocycles. The zero-order valence-electron chi connectivity index (χ0n) is 34.0. The van der Waals surface area contributed by atoms with Gasteiger partial charge in [0.25, 0.3) is 0 Å². The predicted octanol–water partition coefficient (Wildman–Crippen LogP) is 15.2. The lowest BCUT2D eigenvalue weighted by Crippen LogP contribution is -1.94. The van der Waals surface area contributed by atoms with Gasteiger partial charge in [-0.15, -0.1) is 0 Å². The Balaban J connectivity index is 0.857. The number of hydrogen-bond acceptors (Lipinski definition) is 3. The van der Waals surface area contributed by atoms with E-state index in [1.54, 1.807) is 6.33 Å². The lowest BCUT2D eigenvalue weighted by molar-refractivity contribution is 0.667. The van der Waals surface area contributed by atoms with Crippen LogP contribution in [0.2, 0.25) is 0 Å². The van der Waals surface area contributed by atoms with Crippen LogP contribution >= 0.6 is 0 Å². The number of furan rings is 1. The third kappa shape index (κ3) is 5.64. The highest BCUT2D eigenvalue weighted by atomic mass is 16.3. The zero-order valence-corrected chi connectivity index (χ0v) is 34.0. The van der Waals surface area contributed by atoms with Crippen molar-refractivity contribution in [2.45, 2.75) is 0 Å². The molecule has 5 nitrogen and oxygen atoms in total. The molecule has 13 rings (SSSR count). The third-order valence-corrected chi connectivity index (χ3v) is 12.6. The lowest BCUT2D eigenvalue weighted by Gasteiger charge is -2.12. The molecule has 294 valence electrons. The molecule has 4 heterocycles. The number of fused-ring (bicyclic) bond motifs is 9. The van der Waals surface area contributed by atoms with Gasteiger partial charge in [0, 0.05) is 43.9 Å². The summed E-state index contributed by atoms with van der Waals surface area (Å²) in [6.07, 6.45) is 1.62. The van der Waals surface area contributed by atoms with E-state index in [4.69, 9.17) is 4.42 Å². The fraction of sp³-hybridized carbons (Fsp3) is 0. The molecule has 5 heteroatoms. The van der Waals surface area contributed by atoms with E-state index < -0.39 is 0 Å². The Morgan fingerprint density at radius 1 is 0.317 bits per heavy atom. The molecule has 0 unspecified atom stereocenters. The fourth-order valence-corrected chi connectivity index (χ4v) is 9.69. The van der Waals surface area contributed by atoms with E-state index in [2.05, 4.69) is 207 Å². The van der Waals surface area contributed by atoms with Crippen molar-refractivity contribution < 1.29 is 4.42 Å². The quantitative estimate of drug-likeness (QED) is 0.168. The maximum Gasteiger partial charge on any atom is 0.180 e. The summed E-state index contributed by atoms with van der Waals surface area (Å²) in [5.41, 5.74) is 18.2. The Morgan fingerprint density at radius 3 is 1.51 bits per heavy atom. The minimum atomic E-state index is 0.707. The summed E-state index contributed by atoms with van der Waals surface area (Å²) in [5.74, 6) is 0. The average molecular weight is 805 g/mol. The molecule has 4 aromatic heterocycles. The molecule has 0 aliphatic carbocycles. The molecular weight excluding hydrogens is 769 g/mol. The van der Waals surface area contributed by atoms with Crippen LogP contribution in [0.1, 0.15) is 0 Å². The SMILES string of the molecule is c1ccc(-n2c3ccccc3c3cc(-c4ccc5c(c4)c4ccccc4n5-c4cccc(-c5cccc(-c6ccc(-c7ncnc8c7oc7ccccc78)cc6)c5)c4)ccc32)cc1. The second kappa shape index (κ2) is 14.0. The average Bonchev–Trinajstić information content (AvgIpc) is 4.02. The van der Waals surface area contributed by atoms with Crippen LogP contribution in [0.25, 0.3) is 122 Å². The molecule has 0 bridgehead atoms. The van der Waals surface area contributed by atoms with Crippen LogP contribution in [-0.4, -0.2) is 19.1 Å². The van der Waals surface area contributed by atoms with Gasteiger partial charge in [0.1, 0.15) is 23.1 Å². The maximum atomic E-state index is 6.23. The molecule has 0 atom stereocenters. The molecule has 0 saturated heterocycles. The monoisotopic (exact) mass is 804 g/mol. The molecule has 0 radical (unpaired) electrons. The van der Waals surface area contributed by atoms with Crippen molar-refractivity contribution >= 4 is 65.7 Å². The van der Waals surface area contributed by atoms with Gasteiger partial charge in [0.05, 0.1) is 22.1 Å². The molecule has 0 fully saturated rings. The van der Waals surface area contributed by atoms with Gasteiger partial charge < -0.3 is 13.6 Å². The van der Waals surface area contributed by atoms with E-state index in [9.17, 15) is 0 Å². The Kier molecular flexibility index (Phi) is 7.84. The number of rotatable bonds is 6. The third-order valence-electron chi connectivity index (χ3n) is 12.6. The van der Waals surface area contributed by atoms with Crippen LogP contribution in [0, 0.1) is 0 Å². The van der Waals surface area contributed by atoms with Crippen molar-refractivity contribution in [3.63, 3.8) is 0 Å². The first-order valence-electron chi connectivity index (χ1n) is 21.3. The van der Waals surface area contributed by atoms with Crippen LogP contribution in [0.5, 0.6) is 0 Å². The van der Waals surface area contributed by atoms with Crippen molar-refractivity contribution in [3.8, 4) is 56.0 Å². The first kappa shape index (κ1) is 35.2. The largest absolute Gasteiger partial charge is 0.452 e. The number of aromatic nitrogens is 4. The van der Waals surface area contributed by atoms with E-state index in [1.165, 1.54) is 60.4 Å². The minimum Gasteiger partial charge on any atom is -0.452 e. The number of para-hydroxylation sites is 4. The van der Waals surface area contributed by atoms with Gasteiger partial charge in [-0.2, -0.15) is 0 Å². The van der Waals surface area contributed by atoms with Gasteiger partial charge in [-0.05, 0) is 112 Å². The summed E-state index contributed by atoms with van der Waals surface area (Å²) in [6.45, 7) is 0. The summed E-state index contributed by atoms with van der Waals surface area (Å²) in [5, 5.41) is 5.96. The molecule has 0 spiro atoms. The Bertz CT molecular complexity index is 3910. The standard InChI is InChI=1S/C58H36N4O/c1-2-15-44(16-3-1)61-51-21-7-4-18-46(51)49-34-42(28-30-53(49)61)43-29-31-54-50(35-43)47-19-5-8-22-52(47)62(54)45-17-11-14-41(33-45)40-13-10-12-39(32-40)37-24-26-38(27-25-37)56-58-57(60-36-59-56)48-20-6-9-23-55(48)63-58/h1-36H. The van der Waals surface area contributed by atoms with Gasteiger partial charge in [-0.1, -0.05) is 133 Å². The lowest BCUT2D eigenvalue weighted by atomic mass is 9.97. The summed E-state index contributed by atoms with van der Waals surface area (Å²) in [4.78, 5) is 9.18. The van der Waals surface area contributed by atoms with Crippen LogP contribution in [-0.2, 0) is 0 Å². The molecular formula is C58H36N4O. The van der Waals surface area contributed by atoms with E-state index >= 15 is 0 Å².